The van der Waals surface area contributed by atoms with E-state index in [4.69, 9.17) is 4.52 Å². The predicted octanol–water partition coefficient (Wildman–Crippen LogP) is 1.08. The van der Waals surface area contributed by atoms with Crippen molar-refractivity contribution < 1.29 is 19.0 Å². The lowest BCUT2D eigenvalue weighted by Gasteiger charge is -2.17. The van der Waals surface area contributed by atoms with Crippen LogP contribution in [-0.4, -0.2) is 49.7 Å². The third kappa shape index (κ3) is 5.36. The first kappa shape index (κ1) is 20.4. The van der Waals surface area contributed by atoms with E-state index in [2.05, 4.69) is 25.9 Å². The summed E-state index contributed by atoms with van der Waals surface area (Å²) in [4.78, 5) is 38.3. The SMILES string of the molecule is Cc1cc([N+](=O)[O-])nn1CC(=O)NCCNC(=O)c1nc(C2CCCCC2)no1. The van der Waals surface area contributed by atoms with Gasteiger partial charge in [-0.15, -0.1) is 0 Å². The van der Waals surface area contributed by atoms with E-state index in [-0.39, 0.29) is 43.2 Å². The molecule has 2 heterocycles. The third-order valence-electron chi connectivity index (χ3n) is 4.79. The third-order valence-corrected chi connectivity index (χ3v) is 4.79. The molecule has 1 fully saturated rings. The molecule has 0 atom stereocenters. The van der Waals surface area contributed by atoms with Crippen LogP contribution < -0.4 is 10.6 Å². The van der Waals surface area contributed by atoms with Gasteiger partial charge in [-0.25, -0.2) is 0 Å². The van der Waals surface area contributed by atoms with Crippen LogP contribution >= 0.6 is 0 Å². The summed E-state index contributed by atoms with van der Waals surface area (Å²) in [6.45, 7) is 1.82. The van der Waals surface area contributed by atoms with Gasteiger partial charge in [-0.1, -0.05) is 24.4 Å². The fourth-order valence-corrected chi connectivity index (χ4v) is 3.24. The molecule has 1 aliphatic carbocycles. The lowest BCUT2D eigenvalue weighted by molar-refractivity contribution is -0.389. The maximum Gasteiger partial charge on any atom is 0.390 e. The molecule has 0 aromatic carbocycles. The lowest BCUT2D eigenvalue weighted by Crippen LogP contribution is -2.36. The van der Waals surface area contributed by atoms with Crippen LogP contribution in [0, 0.1) is 17.0 Å². The van der Waals surface area contributed by atoms with Crippen LogP contribution in [0.3, 0.4) is 0 Å². The molecule has 2 N–H and O–H groups in total. The molecule has 0 radical (unpaired) electrons. The summed E-state index contributed by atoms with van der Waals surface area (Å²) >= 11 is 0. The average Bonchev–Trinajstić information content (AvgIpc) is 3.33. The quantitative estimate of drug-likeness (QED) is 0.375. The van der Waals surface area contributed by atoms with E-state index in [0.717, 1.165) is 25.7 Å². The van der Waals surface area contributed by atoms with E-state index in [1.807, 2.05) is 0 Å². The highest BCUT2D eigenvalue weighted by molar-refractivity contribution is 5.89. The van der Waals surface area contributed by atoms with Crippen molar-refractivity contribution in [1.29, 1.82) is 0 Å². The summed E-state index contributed by atoms with van der Waals surface area (Å²) in [6.07, 6.45) is 5.49. The maximum atomic E-state index is 12.1. The van der Waals surface area contributed by atoms with Gasteiger partial charge in [-0.05, 0) is 24.7 Å². The Morgan fingerprint density at radius 1 is 1.28 bits per heavy atom. The van der Waals surface area contributed by atoms with Gasteiger partial charge in [-0.3, -0.25) is 9.59 Å². The molecular weight excluding hydrogens is 382 g/mol. The van der Waals surface area contributed by atoms with Crippen molar-refractivity contribution in [3.05, 3.63) is 33.6 Å². The molecule has 29 heavy (non-hydrogen) atoms. The van der Waals surface area contributed by atoms with Gasteiger partial charge in [0, 0.05) is 19.0 Å². The molecule has 1 saturated carbocycles. The number of hydrogen-bond acceptors (Lipinski definition) is 8. The Hall–Kier alpha value is -3.31. The predicted molar refractivity (Wildman–Crippen MR) is 99.1 cm³/mol. The van der Waals surface area contributed by atoms with Crippen LogP contribution in [0.4, 0.5) is 5.82 Å². The second-order valence-corrected chi connectivity index (χ2v) is 6.96. The van der Waals surface area contributed by atoms with Gasteiger partial charge in [0.15, 0.2) is 5.82 Å². The second kappa shape index (κ2) is 9.26. The van der Waals surface area contributed by atoms with Crippen molar-refractivity contribution in [3.63, 3.8) is 0 Å². The summed E-state index contributed by atoms with van der Waals surface area (Å²) in [5.41, 5.74) is 0.505. The summed E-state index contributed by atoms with van der Waals surface area (Å²) in [5, 5.41) is 23.6. The summed E-state index contributed by atoms with van der Waals surface area (Å²) in [7, 11) is 0. The minimum absolute atomic E-state index is 0.0867. The number of hydrogen-bond donors (Lipinski definition) is 2. The fourth-order valence-electron chi connectivity index (χ4n) is 3.24. The normalized spacial score (nSPS) is 14.5. The van der Waals surface area contributed by atoms with Gasteiger partial charge >= 0.3 is 17.6 Å². The molecule has 12 heteroatoms. The zero-order valence-electron chi connectivity index (χ0n) is 16.1. The molecule has 2 amide bonds. The molecule has 12 nitrogen and oxygen atoms in total. The molecule has 1 aliphatic rings. The highest BCUT2D eigenvalue weighted by Crippen LogP contribution is 2.30. The van der Waals surface area contributed by atoms with E-state index >= 15 is 0 Å². The molecule has 0 unspecified atom stereocenters. The first-order valence-corrected chi connectivity index (χ1v) is 9.51. The van der Waals surface area contributed by atoms with Crippen LogP contribution in [0.25, 0.3) is 0 Å². The topological polar surface area (TPSA) is 158 Å². The van der Waals surface area contributed by atoms with Crippen LogP contribution in [0.1, 0.15) is 60.2 Å². The highest BCUT2D eigenvalue weighted by Gasteiger charge is 2.23. The molecule has 0 spiro atoms. The van der Waals surface area contributed by atoms with Crippen LogP contribution in [0.15, 0.2) is 10.6 Å². The summed E-state index contributed by atoms with van der Waals surface area (Å²) in [5.74, 6) is -0.446. The van der Waals surface area contributed by atoms with Crippen LogP contribution in [-0.2, 0) is 11.3 Å². The Labute approximate surface area is 166 Å². The van der Waals surface area contributed by atoms with Crippen molar-refractivity contribution in [1.82, 2.24) is 30.6 Å². The number of aromatic nitrogens is 4. The lowest BCUT2D eigenvalue weighted by atomic mass is 9.89. The summed E-state index contributed by atoms with van der Waals surface area (Å²) in [6, 6.07) is 1.29. The Morgan fingerprint density at radius 3 is 2.69 bits per heavy atom. The van der Waals surface area contributed by atoms with Gasteiger partial charge in [-0.2, -0.15) is 9.67 Å². The van der Waals surface area contributed by atoms with Gasteiger partial charge in [0.1, 0.15) is 6.54 Å². The van der Waals surface area contributed by atoms with E-state index in [0.29, 0.717) is 11.5 Å². The fraction of sp³-hybridized carbons (Fsp3) is 0.588. The van der Waals surface area contributed by atoms with Crippen molar-refractivity contribution >= 4 is 17.6 Å². The Morgan fingerprint density at radius 2 is 2.00 bits per heavy atom. The monoisotopic (exact) mass is 405 g/mol. The smallest absolute Gasteiger partial charge is 0.358 e. The number of aryl methyl sites for hydroxylation is 1. The minimum atomic E-state index is -0.617. The van der Waals surface area contributed by atoms with Gasteiger partial charge in [0.2, 0.25) is 5.91 Å². The zero-order valence-corrected chi connectivity index (χ0v) is 16.1. The molecular formula is C17H23N7O5. The van der Waals surface area contributed by atoms with Crippen molar-refractivity contribution in [2.75, 3.05) is 13.1 Å². The van der Waals surface area contributed by atoms with E-state index < -0.39 is 10.8 Å². The number of amides is 2. The molecule has 0 bridgehead atoms. The maximum absolute atomic E-state index is 12.1. The number of nitrogens with one attached hydrogen (secondary N) is 2. The van der Waals surface area contributed by atoms with Gasteiger partial charge in [0.05, 0.1) is 16.9 Å². The standard InChI is InChI=1S/C17H23N7O5/c1-11-9-13(24(27)28)21-23(11)10-14(25)18-7-8-19-16(26)17-20-15(22-29-17)12-5-3-2-4-6-12/h9,12H,2-8,10H2,1H3,(H,18,25)(H,19,26). The highest BCUT2D eigenvalue weighted by atomic mass is 16.6. The van der Waals surface area contributed by atoms with E-state index in [9.17, 15) is 19.7 Å². The number of carbonyl (C=O) groups is 2. The van der Waals surface area contributed by atoms with E-state index in [1.165, 1.54) is 17.2 Å². The largest absolute Gasteiger partial charge is 0.390 e. The van der Waals surface area contributed by atoms with Gasteiger partial charge in [0.25, 0.3) is 0 Å². The average molecular weight is 405 g/mol. The zero-order chi connectivity index (χ0) is 20.8. The number of rotatable bonds is 8. The molecule has 3 rings (SSSR count). The van der Waals surface area contributed by atoms with Crippen molar-refractivity contribution in [3.8, 4) is 0 Å². The molecule has 2 aromatic heterocycles. The molecule has 2 aromatic rings. The first-order valence-electron chi connectivity index (χ1n) is 9.51. The van der Waals surface area contributed by atoms with Crippen molar-refractivity contribution in [2.45, 2.75) is 51.5 Å². The molecule has 0 saturated heterocycles. The van der Waals surface area contributed by atoms with Crippen molar-refractivity contribution in [2.24, 2.45) is 0 Å². The van der Waals surface area contributed by atoms with Crippen LogP contribution in [0.2, 0.25) is 0 Å². The summed E-state index contributed by atoms with van der Waals surface area (Å²) < 4.78 is 6.29. The molecule has 156 valence electrons. The Kier molecular flexibility index (Phi) is 6.52. The number of nitro groups is 1. The van der Waals surface area contributed by atoms with E-state index in [1.54, 1.807) is 6.92 Å². The van der Waals surface area contributed by atoms with Crippen LogP contribution in [0.5, 0.6) is 0 Å². The first-order chi connectivity index (χ1) is 13.9. The Bertz CT molecular complexity index is 885. The minimum Gasteiger partial charge on any atom is -0.358 e. The number of nitrogens with zero attached hydrogens (tertiary/aromatic N) is 5. The Balaban J connectivity index is 1.40. The second-order valence-electron chi connectivity index (χ2n) is 6.96. The van der Waals surface area contributed by atoms with Gasteiger partial charge < -0.3 is 25.3 Å². The number of carbonyl (C=O) groups excluding carboxylic acids is 2. The molecule has 0 aliphatic heterocycles.